The zero-order valence-electron chi connectivity index (χ0n) is 6.50. The summed E-state index contributed by atoms with van der Waals surface area (Å²) in [4.78, 5) is 0. The fraction of sp³-hybridized carbons (Fsp3) is 1.00. The van der Waals surface area contributed by atoms with Gasteiger partial charge in [-0.15, -0.1) is 0 Å². The first-order valence-electron chi connectivity index (χ1n) is 3.65. The van der Waals surface area contributed by atoms with Crippen molar-refractivity contribution in [2.45, 2.75) is 20.0 Å². The molecule has 1 heterocycles. The Labute approximate surface area is 64.4 Å². The Morgan fingerprint density at radius 1 is 1.70 bits per heavy atom. The van der Waals surface area contributed by atoms with Crippen molar-refractivity contribution < 1.29 is 8.95 Å². The van der Waals surface area contributed by atoms with E-state index in [1.54, 1.807) is 0 Å². The van der Waals surface area contributed by atoms with Crippen molar-refractivity contribution in [2.75, 3.05) is 18.1 Å². The molecular formula is C7H14O2S. The second-order valence-corrected chi connectivity index (χ2v) is 4.67. The molecule has 2 atom stereocenters. The van der Waals surface area contributed by atoms with Gasteiger partial charge in [-0.2, -0.15) is 0 Å². The molecule has 0 aromatic heterocycles. The highest BCUT2D eigenvalue weighted by molar-refractivity contribution is 7.85. The Morgan fingerprint density at radius 2 is 2.30 bits per heavy atom. The first-order valence-corrected chi connectivity index (χ1v) is 5.14. The lowest BCUT2D eigenvalue weighted by Gasteiger charge is -2.01. The van der Waals surface area contributed by atoms with E-state index in [2.05, 4.69) is 13.8 Å². The lowest BCUT2D eigenvalue weighted by atomic mass is 10.3. The van der Waals surface area contributed by atoms with E-state index in [-0.39, 0.29) is 0 Å². The van der Waals surface area contributed by atoms with Crippen molar-refractivity contribution >= 4 is 10.8 Å². The van der Waals surface area contributed by atoms with Crippen LogP contribution >= 0.6 is 0 Å². The van der Waals surface area contributed by atoms with Gasteiger partial charge < -0.3 is 4.74 Å². The van der Waals surface area contributed by atoms with Crippen molar-refractivity contribution in [1.29, 1.82) is 0 Å². The highest BCUT2D eigenvalue weighted by atomic mass is 32.2. The second kappa shape index (κ2) is 3.49. The summed E-state index contributed by atoms with van der Waals surface area (Å²) >= 11 is 0. The summed E-state index contributed by atoms with van der Waals surface area (Å²) in [6, 6.07) is 0. The minimum Gasteiger partial charge on any atom is -0.372 e. The third-order valence-corrected chi connectivity index (χ3v) is 3.08. The van der Waals surface area contributed by atoms with E-state index in [0.717, 1.165) is 18.1 Å². The maximum atomic E-state index is 11.1. The van der Waals surface area contributed by atoms with Gasteiger partial charge in [0.1, 0.15) is 0 Å². The van der Waals surface area contributed by atoms with Crippen LogP contribution in [-0.2, 0) is 15.5 Å². The highest BCUT2D eigenvalue weighted by Gasteiger charge is 2.24. The van der Waals surface area contributed by atoms with E-state index in [4.69, 9.17) is 4.74 Å². The Bertz CT molecular complexity index is 124. The van der Waals surface area contributed by atoms with E-state index in [1.807, 2.05) is 0 Å². The van der Waals surface area contributed by atoms with Gasteiger partial charge in [0, 0.05) is 16.6 Å². The maximum Gasteiger partial charge on any atom is 0.0924 e. The van der Waals surface area contributed by atoms with Crippen LogP contribution in [0.2, 0.25) is 0 Å². The number of hydrogen-bond donors (Lipinski definition) is 0. The van der Waals surface area contributed by atoms with Crippen LogP contribution in [0.5, 0.6) is 0 Å². The normalized spacial score (nSPS) is 26.9. The zero-order chi connectivity index (χ0) is 7.56. The molecule has 1 rings (SSSR count). The molecule has 1 unspecified atom stereocenters. The summed E-state index contributed by atoms with van der Waals surface area (Å²) in [5, 5.41) is 0. The van der Waals surface area contributed by atoms with Crippen LogP contribution in [0.25, 0.3) is 0 Å². The van der Waals surface area contributed by atoms with E-state index < -0.39 is 10.8 Å². The van der Waals surface area contributed by atoms with Crippen LogP contribution in [0.1, 0.15) is 13.8 Å². The van der Waals surface area contributed by atoms with Crippen molar-refractivity contribution in [3.63, 3.8) is 0 Å². The first-order chi connectivity index (χ1) is 4.68. The molecule has 0 aliphatic carbocycles. The van der Waals surface area contributed by atoms with Gasteiger partial charge in [0.25, 0.3) is 0 Å². The fourth-order valence-corrected chi connectivity index (χ4v) is 2.30. The molecule has 1 aliphatic rings. The van der Waals surface area contributed by atoms with Gasteiger partial charge in [0.05, 0.1) is 18.5 Å². The molecular weight excluding hydrogens is 148 g/mol. The molecule has 1 fully saturated rings. The summed E-state index contributed by atoms with van der Waals surface area (Å²) in [5.74, 6) is 2.11. The van der Waals surface area contributed by atoms with Crippen LogP contribution in [0.3, 0.4) is 0 Å². The lowest BCUT2D eigenvalue weighted by molar-refractivity contribution is 0.424. The summed E-state index contributed by atoms with van der Waals surface area (Å²) in [6.45, 7) is 5.00. The molecule has 0 bridgehead atoms. The van der Waals surface area contributed by atoms with Crippen molar-refractivity contribution in [2.24, 2.45) is 5.92 Å². The summed E-state index contributed by atoms with van der Waals surface area (Å²) < 4.78 is 16.1. The Morgan fingerprint density at radius 3 is 2.70 bits per heavy atom. The average molecular weight is 162 g/mol. The van der Waals surface area contributed by atoms with Crippen LogP contribution in [0.15, 0.2) is 0 Å². The van der Waals surface area contributed by atoms with Gasteiger partial charge >= 0.3 is 0 Å². The van der Waals surface area contributed by atoms with Gasteiger partial charge in [-0.05, 0) is 5.92 Å². The van der Waals surface area contributed by atoms with Crippen molar-refractivity contribution in [1.82, 2.24) is 0 Å². The van der Waals surface area contributed by atoms with Crippen LogP contribution in [-0.4, -0.2) is 28.4 Å². The molecule has 3 heteroatoms. The number of rotatable bonds is 4. The standard InChI is InChI=1S/C7H14O2S/c1-6(2)4-10(8)5-7-3-9-7/h6-7H,3-5H2,1-2H3/t7-,10?/m1/s1. The molecule has 10 heavy (non-hydrogen) atoms. The molecule has 0 saturated carbocycles. The van der Waals surface area contributed by atoms with Crippen molar-refractivity contribution in [3.05, 3.63) is 0 Å². The topological polar surface area (TPSA) is 29.6 Å². The molecule has 1 aliphatic heterocycles. The Hall–Kier alpha value is 0.110. The summed E-state index contributed by atoms with van der Waals surface area (Å²) in [6.07, 6.45) is 0.319. The van der Waals surface area contributed by atoms with Crippen LogP contribution < -0.4 is 0 Å². The van der Waals surface area contributed by atoms with Gasteiger partial charge in [-0.25, -0.2) is 0 Å². The third kappa shape index (κ3) is 3.32. The molecule has 60 valence electrons. The van der Waals surface area contributed by atoms with Crippen LogP contribution in [0, 0.1) is 5.92 Å². The predicted octanol–water partition coefficient (Wildman–Crippen LogP) is 0.790. The molecule has 0 aromatic rings. The number of epoxide rings is 1. The minimum atomic E-state index is -0.643. The molecule has 1 saturated heterocycles. The smallest absolute Gasteiger partial charge is 0.0924 e. The second-order valence-electron chi connectivity index (χ2n) is 3.12. The fourth-order valence-electron chi connectivity index (χ4n) is 0.811. The minimum absolute atomic E-state index is 0.319. The zero-order valence-corrected chi connectivity index (χ0v) is 7.32. The SMILES string of the molecule is CC(C)CS(=O)C[C@H]1CO1. The Balaban J connectivity index is 2.08. The largest absolute Gasteiger partial charge is 0.372 e. The monoisotopic (exact) mass is 162 g/mol. The van der Waals surface area contributed by atoms with Crippen molar-refractivity contribution in [3.8, 4) is 0 Å². The molecule has 2 nitrogen and oxygen atoms in total. The molecule has 0 radical (unpaired) electrons. The quantitative estimate of drug-likeness (QED) is 0.572. The van der Waals surface area contributed by atoms with Crippen LogP contribution in [0.4, 0.5) is 0 Å². The van der Waals surface area contributed by atoms with Gasteiger partial charge in [0.15, 0.2) is 0 Å². The number of ether oxygens (including phenoxy) is 1. The number of hydrogen-bond acceptors (Lipinski definition) is 2. The van der Waals surface area contributed by atoms with E-state index in [1.165, 1.54) is 0 Å². The summed E-state index contributed by atoms with van der Waals surface area (Å²) in [5.41, 5.74) is 0. The lowest BCUT2D eigenvalue weighted by Crippen LogP contribution is -2.11. The Kier molecular flexibility index (Phi) is 2.86. The highest BCUT2D eigenvalue weighted by Crippen LogP contribution is 2.11. The first kappa shape index (κ1) is 8.21. The predicted molar refractivity (Wildman–Crippen MR) is 42.5 cm³/mol. The third-order valence-electron chi connectivity index (χ3n) is 1.29. The molecule has 0 N–H and O–H groups in total. The van der Waals surface area contributed by atoms with Gasteiger partial charge in [-0.1, -0.05) is 13.8 Å². The molecule has 0 amide bonds. The van der Waals surface area contributed by atoms with E-state index >= 15 is 0 Å². The maximum absolute atomic E-state index is 11.1. The molecule has 0 spiro atoms. The molecule has 0 aromatic carbocycles. The average Bonchev–Trinajstić information content (AvgIpc) is 2.46. The van der Waals surface area contributed by atoms with E-state index in [9.17, 15) is 4.21 Å². The summed E-state index contributed by atoms with van der Waals surface area (Å²) in [7, 11) is -0.643. The van der Waals surface area contributed by atoms with E-state index in [0.29, 0.717) is 12.0 Å². The van der Waals surface area contributed by atoms with Gasteiger partial charge in [-0.3, -0.25) is 4.21 Å². The van der Waals surface area contributed by atoms with Gasteiger partial charge in [0.2, 0.25) is 0 Å².